The predicted molar refractivity (Wildman–Crippen MR) is 116 cm³/mol. The van der Waals surface area contributed by atoms with Gasteiger partial charge in [-0.25, -0.2) is 14.8 Å². The number of allylic oxidation sites excluding steroid dienone is 2. The molecule has 4 rings (SSSR count). The fourth-order valence-corrected chi connectivity index (χ4v) is 3.82. The van der Waals surface area contributed by atoms with E-state index in [-0.39, 0.29) is 36.2 Å². The summed E-state index contributed by atoms with van der Waals surface area (Å²) in [4.78, 5) is 36.7. The Morgan fingerprint density at radius 3 is 2.59 bits per heavy atom. The summed E-state index contributed by atoms with van der Waals surface area (Å²) < 4.78 is 10.6. The van der Waals surface area contributed by atoms with Gasteiger partial charge >= 0.3 is 5.97 Å². The van der Waals surface area contributed by atoms with Crippen molar-refractivity contribution in [2.45, 2.75) is 39.7 Å². The number of rotatable bonds is 6. The first-order chi connectivity index (χ1) is 15.4. The SMILES string of the molecule is COc1c(C)c2c(c(O)c1CC=C(C)CCC(=O)N=C1N=c3ccccc3=N1)C(=O)OC2. The molecule has 2 heterocycles. The van der Waals surface area contributed by atoms with Crippen molar-refractivity contribution in [3.05, 3.63) is 68.9 Å². The Labute approximate surface area is 184 Å². The van der Waals surface area contributed by atoms with E-state index in [1.165, 1.54) is 7.11 Å². The molecule has 0 unspecified atom stereocenters. The number of phenols is 1. The highest BCUT2D eigenvalue weighted by Gasteiger charge is 2.31. The van der Waals surface area contributed by atoms with Crippen LogP contribution in [0.1, 0.15) is 46.8 Å². The summed E-state index contributed by atoms with van der Waals surface area (Å²) >= 11 is 0. The van der Waals surface area contributed by atoms with Crippen molar-refractivity contribution in [2.75, 3.05) is 7.11 Å². The quantitative estimate of drug-likeness (QED) is 0.556. The number of fused-ring (bicyclic) bond motifs is 2. The van der Waals surface area contributed by atoms with Crippen LogP contribution in [-0.4, -0.2) is 30.1 Å². The molecule has 0 saturated heterocycles. The van der Waals surface area contributed by atoms with Crippen molar-refractivity contribution in [3.8, 4) is 11.5 Å². The maximum atomic E-state index is 12.2. The Balaban J connectivity index is 1.45. The Bertz CT molecular complexity index is 1270. The zero-order valence-electron chi connectivity index (χ0n) is 18.1. The highest BCUT2D eigenvalue weighted by molar-refractivity contribution is 5.98. The maximum absolute atomic E-state index is 12.2. The first-order valence-corrected chi connectivity index (χ1v) is 10.3. The van der Waals surface area contributed by atoms with Crippen LogP contribution in [0, 0.1) is 6.92 Å². The van der Waals surface area contributed by atoms with Crippen molar-refractivity contribution in [1.29, 1.82) is 0 Å². The van der Waals surface area contributed by atoms with Crippen molar-refractivity contribution in [1.82, 2.24) is 0 Å². The molecule has 0 fully saturated rings. The minimum absolute atomic E-state index is 0.111. The van der Waals surface area contributed by atoms with Gasteiger partial charge in [-0.1, -0.05) is 23.8 Å². The summed E-state index contributed by atoms with van der Waals surface area (Å²) in [5.74, 6) is -0.229. The highest BCUT2D eigenvalue weighted by atomic mass is 16.5. The first-order valence-electron chi connectivity index (χ1n) is 10.3. The van der Waals surface area contributed by atoms with Crippen LogP contribution in [0.15, 0.2) is 50.9 Å². The zero-order valence-corrected chi connectivity index (χ0v) is 18.1. The molecule has 164 valence electrons. The maximum Gasteiger partial charge on any atom is 0.342 e. The molecule has 1 N–H and O–H groups in total. The Morgan fingerprint density at radius 1 is 1.25 bits per heavy atom. The van der Waals surface area contributed by atoms with Crippen LogP contribution in [-0.2, 0) is 22.6 Å². The number of benzene rings is 2. The molecule has 2 aliphatic heterocycles. The summed E-state index contributed by atoms with van der Waals surface area (Å²) in [7, 11) is 1.53. The third kappa shape index (κ3) is 4.03. The number of para-hydroxylation sites is 2. The Morgan fingerprint density at radius 2 is 1.94 bits per heavy atom. The number of carbonyl (C=O) groups is 2. The topological polar surface area (TPSA) is 110 Å². The lowest BCUT2D eigenvalue weighted by Crippen LogP contribution is -2.19. The molecule has 0 spiro atoms. The summed E-state index contributed by atoms with van der Waals surface area (Å²) in [5.41, 5.74) is 3.12. The molecular formula is C24H23N3O5. The smallest absolute Gasteiger partial charge is 0.342 e. The molecule has 2 aromatic rings. The molecule has 0 bridgehead atoms. The number of cyclic esters (lactones) is 1. The van der Waals surface area contributed by atoms with Crippen LogP contribution >= 0.6 is 0 Å². The fraction of sp³-hybridized carbons (Fsp3) is 0.292. The van der Waals surface area contributed by atoms with Gasteiger partial charge in [0.25, 0.3) is 5.96 Å². The first kappa shape index (κ1) is 21.4. The van der Waals surface area contributed by atoms with Crippen molar-refractivity contribution in [2.24, 2.45) is 15.0 Å². The lowest BCUT2D eigenvalue weighted by Gasteiger charge is -2.15. The lowest BCUT2D eigenvalue weighted by atomic mass is 9.94. The highest BCUT2D eigenvalue weighted by Crippen LogP contribution is 2.42. The van der Waals surface area contributed by atoms with Gasteiger partial charge in [0.15, 0.2) is 0 Å². The molecule has 32 heavy (non-hydrogen) atoms. The molecule has 0 radical (unpaired) electrons. The standard InChI is InChI=1S/C24H23N3O5/c1-13(9-11-19(28)27-24-25-17-6-4-5-7-18(17)26-24)8-10-15-21(29)20-16(12-32-23(20)30)14(2)22(15)31-3/h4-8,29H,9-12H2,1-3H3. The average Bonchev–Trinajstić information content (AvgIpc) is 3.36. The number of aliphatic imine (C=N–C) groups is 1. The number of phenolic OH excluding ortho intramolecular Hbond substituents is 1. The summed E-state index contributed by atoms with van der Waals surface area (Å²) in [5, 5.41) is 12.1. The van der Waals surface area contributed by atoms with E-state index < -0.39 is 5.97 Å². The number of carbonyl (C=O) groups excluding carboxylic acids is 2. The molecule has 1 amide bonds. The minimum Gasteiger partial charge on any atom is -0.507 e. The van der Waals surface area contributed by atoms with E-state index in [4.69, 9.17) is 9.47 Å². The Hall–Kier alpha value is -3.81. The van der Waals surface area contributed by atoms with E-state index in [0.717, 1.165) is 11.1 Å². The van der Waals surface area contributed by atoms with Gasteiger partial charge in [-0.3, -0.25) is 4.79 Å². The number of hydrogen-bond donors (Lipinski definition) is 1. The number of methoxy groups -OCH3 is 1. The van der Waals surface area contributed by atoms with Gasteiger partial charge in [0.1, 0.15) is 23.7 Å². The molecule has 0 atom stereocenters. The zero-order chi connectivity index (χ0) is 22.8. The fourth-order valence-electron chi connectivity index (χ4n) is 3.82. The van der Waals surface area contributed by atoms with Gasteiger partial charge in [-0.05, 0) is 44.4 Å². The van der Waals surface area contributed by atoms with Crippen molar-refractivity contribution < 1.29 is 24.2 Å². The molecule has 8 nitrogen and oxygen atoms in total. The number of ether oxygens (including phenoxy) is 2. The van der Waals surface area contributed by atoms with Gasteiger partial charge in [0.05, 0.1) is 17.8 Å². The molecule has 8 heteroatoms. The second-order valence-corrected chi connectivity index (χ2v) is 7.69. The van der Waals surface area contributed by atoms with Crippen molar-refractivity contribution >= 4 is 17.8 Å². The van der Waals surface area contributed by atoms with Crippen molar-refractivity contribution in [3.63, 3.8) is 0 Å². The Kier molecular flexibility index (Phi) is 5.85. The van der Waals surface area contributed by atoms with E-state index in [1.54, 1.807) is 0 Å². The monoisotopic (exact) mass is 433 g/mol. The van der Waals surface area contributed by atoms with Crippen LogP contribution in [0.4, 0.5) is 0 Å². The van der Waals surface area contributed by atoms with E-state index >= 15 is 0 Å². The average molecular weight is 433 g/mol. The van der Waals surface area contributed by atoms with Gasteiger partial charge < -0.3 is 14.6 Å². The van der Waals surface area contributed by atoms with Crippen LogP contribution in [0.3, 0.4) is 0 Å². The van der Waals surface area contributed by atoms with Crippen LogP contribution < -0.4 is 15.5 Å². The number of guanidine groups is 1. The lowest BCUT2D eigenvalue weighted by molar-refractivity contribution is -0.117. The molecule has 2 aliphatic rings. The number of aromatic hydroxyl groups is 1. The molecule has 0 aliphatic carbocycles. The molecule has 0 aromatic heterocycles. The number of amides is 1. The van der Waals surface area contributed by atoms with E-state index in [1.807, 2.05) is 44.2 Å². The van der Waals surface area contributed by atoms with Crippen LogP contribution in [0.5, 0.6) is 11.5 Å². The van der Waals surface area contributed by atoms with Gasteiger partial charge in [-0.15, -0.1) is 0 Å². The molecular weight excluding hydrogens is 410 g/mol. The summed E-state index contributed by atoms with van der Waals surface area (Å²) in [6, 6.07) is 7.36. The largest absolute Gasteiger partial charge is 0.507 e. The normalized spacial score (nSPS) is 14.3. The molecule has 0 saturated carbocycles. The van der Waals surface area contributed by atoms with E-state index in [9.17, 15) is 14.7 Å². The number of esters is 1. The summed E-state index contributed by atoms with van der Waals surface area (Å²) in [6.07, 6.45) is 2.97. The third-order valence-corrected chi connectivity index (χ3v) is 5.58. The van der Waals surface area contributed by atoms with E-state index in [2.05, 4.69) is 15.0 Å². The van der Waals surface area contributed by atoms with Gasteiger partial charge in [0, 0.05) is 17.5 Å². The van der Waals surface area contributed by atoms with Crippen LogP contribution in [0.2, 0.25) is 0 Å². The van der Waals surface area contributed by atoms with Crippen LogP contribution in [0.25, 0.3) is 0 Å². The third-order valence-electron chi connectivity index (χ3n) is 5.58. The number of nitrogens with zero attached hydrogens (tertiary/aromatic N) is 3. The number of hydrogen-bond acceptors (Lipinski definition) is 5. The second kappa shape index (κ2) is 8.74. The second-order valence-electron chi connectivity index (χ2n) is 7.69. The van der Waals surface area contributed by atoms with E-state index in [0.29, 0.717) is 40.4 Å². The predicted octanol–water partition coefficient (Wildman–Crippen LogP) is 2.48. The molecule has 2 aromatic carbocycles. The summed E-state index contributed by atoms with van der Waals surface area (Å²) in [6.45, 7) is 3.88. The minimum atomic E-state index is -0.528. The van der Waals surface area contributed by atoms with Gasteiger partial charge in [0.2, 0.25) is 5.91 Å². The van der Waals surface area contributed by atoms with Gasteiger partial charge in [-0.2, -0.15) is 4.99 Å².